The maximum Gasteiger partial charge on any atom is 0.407 e. The number of amides is 3. The number of nitrogens with one attached hydrogen (secondary N) is 2. The number of carbonyl (C=O) groups is 4. The average Bonchev–Trinajstić information content (AvgIpc) is 3.09. The van der Waals surface area contributed by atoms with Crippen molar-refractivity contribution in [3.05, 3.63) is 0 Å². The van der Waals surface area contributed by atoms with Crippen LogP contribution in [-0.4, -0.2) is 120 Å². The summed E-state index contributed by atoms with van der Waals surface area (Å²) in [6.07, 6.45) is 13.2. The molecular weight excluding hydrogens is 634 g/mol. The van der Waals surface area contributed by atoms with Crippen LogP contribution in [0.25, 0.3) is 0 Å². The molecule has 0 aromatic heterocycles. The Kier molecular flexibility index (Phi) is 33.8. The summed E-state index contributed by atoms with van der Waals surface area (Å²) in [6.45, 7) is 8.06. The van der Waals surface area contributed by atoms with E-state index in [4.69, 9.17) is 35.2 Å². The molecule has 0 bridgehead atoms. The molecule has 0 aliphatic rings. The van der Waals surface area contributed by atoms with E-state index in [9.17, 15) is 19.2 Å². The number of unbranched alkanes of at least 4 members (excludes halogenated alkanes) is 10. The number of nitrogens with two attached hydrogens (primary N) is 2. The van der Waals surface area contributed by atoms with Crippen LogP contribution in [0.3, 0.4) is 0 Å². The molecule has 0 aliphatic heterocycles. The van der Waals surface area contributed by atoms with Gasteiger partial charge >= 0.3 is 12.1 Å². The SMILES string of the molecule is CCCCCCCCCCCC(=O)OCCOC[C@@H](C)OCCOCCOC(=O)NCCN(C(=O)CCCCCN)C(=O)CCNCCN. The maximum atomic E-state index is 12.7. The van der Waals surface area contributed by atoms with E-state index in [2.05, 4.69) is 17.6 Å². The van der Waals surface area contributed by atoms with E-state index in [-0.39, 0.29) is 69.6 Å². The molecule has 0 aliphatic carbocycles. The largest absolute Gasteiger partial charge is 0.463 e. The molecule has 0 fully saturated rings. The normalized spacial score (nSPS) is 11.7. The lowest BCUT2D eigenvalue weighted by Crippen LogP contribution is -2.43. The molecule has 0 saturated heterocycles. The second-order valence-electron chi connectivity index (χ2n) is 12.1. The van der Waals surface area contributed by atoms with Gasteiger partial charge in [-0.1, -0.05) is 64.7 Å². The van der Waals surface area contributed by atoms with Gasteiger partial charge in [-0.25, -0.2) is 4.79 Å². The fraction of sp³-hybridized carbons (Fsp3) is 0.886. The van der Waals surface area contributed by atoms with Gasteiger partial charge in [-0.2, -0.15) is 0 Å². The molecule has 0 unspecified atom stereocenters. The molecule has 0 rings (SSSR count). The van der Waals surface area contributed by atoms with Gasteiger partial charge in [0.1, 0.15) is 13.2 Å². The molecule has 14 nitrogen and oxygen atoms in total. The Bertz CT molecular complexity index is 798. The van der Waals surface area contributed by atoms with Crippen LogP contribution in [-0.2, 0) is 38.1 Å². The topological polar surface area (TPSA) is 194 Å². The number of esters is 1. The maximum absolute atomic E-state index is 12.7. The Morgan fingerprint density at radius 2 is 1.24 bits per heavy atom. The Morgan fingerprint density at radius 1 is 0.633 bits per heavy atom. The van der Waals surface area contributed by atoms with Crippen LogP contribution in [0.5, 0.6) is 0 Å². The molecular formula is C35H69N5O9. The quantitative estimate of drug-likeness (QED) is 0.0556. The summed E-state index contributed by atoms with van der Waals surface area (Å²) in [5.74, 6) is -0.749. The highest BCUT2D eigenvalue weighted by Gasteiger charge is 2.20. The molecule has 0 heterocycles. The summed E-state index contributed by atoms with van der Waals surface area (Å²) in [4.78, 5) is 50.4. The van der Waals surface area contributed by atoms with E-state index < -0.39 is 6.09 Å². The highest BCUT2D eigenvalue weighted by Crippen LogP contribution is 2.11. The number of ether oxygens (including phenoxy) is 5. The van der Waals surface area contributed by atoms with Gasteiger partial charge in [0.15, 0.2) is 0 Å². The van der Waals surface area contributed by atoms with Crippen molar-refractivity contribution in [2.45, 2.75) is 116 Å². The minimum Gasteiger partial charge on any atom is -0.463 e. The Balaban J connectivity index is 3.86. The number of hydrogen-bond acceptors (Lipinski definition) is 12. The van der Waals surface area contributed by atoms with Crippen LogP contribution >= 0.6 is 0 Å². The molecule has 0 aromatic rings. The molecule has 49 heavy (non-hydrogen) atoms. The number of nitrogens with zero attached hydrogens (tertiary/aromatic N) is 1. The summed E-state index contributed by atoms with van der Waals surface area (Å²) >= 11 is 0. The van der Waals surface area contributed by atoms with Crippen LogP contribution in [0, 0.1) is 0 Å². The van der Waals surface area contributed by atoms with Gasteiger partial charge in [0, 0.05) is 52.0 Å². The fourth-order valence-electron chi connectivity index (χ4n) is 4.77. The van der Waals surface area contributed by atoms with Crippen molar-refractivity contribution < 1.29 is 42.9 Å². The lowest BCUT2D eigenvalue weighted by Gasteiger charge is -2.21. The predicted molar refractivity (Wildman–Crippen MR) is 190 cm³/mol. The van der Waals surface area contributed by atoms with Gasteiger partial charge < -0.3 is 45.8 Å². The second kappa shape index (κ2) is 35.5. The van der Waals surface area contributed by atoms with E-state index in [1.165, 1.54) is 49.8 Å². The lowest BCUT2D eigenvalue weighted by atomic mass is 10.1. The predicted octanol–water partition coefficient (Wildman–Crippen LogP) is 3.43. The van der Waals surface area contributed by atoms with Crippen LogP contribution in [0.1, 0.15) is 110 Å². The molecule has 0 radical (unpaired) electrons. The third-order valence-corrected chi connectivity index (χ3v) is 7.56. The van der Waals surface area contributed by atoms with E-state index >= 15 is 0 Å². The van der Waals surface area contributed by atoms with Crippen molar-refractivity contribution in [2.24, 2.45) is 11.5 Å². The number of imide groups is 1. The highest BCUT2D eigenvalue weighted by molar-refractivity contribution is 5.95. The van der Waals surface area contributed by atoms with Crippen LogP contribution in [0.15, 0.2) is 0 Å². The van der Waals surface area contributed by atoms with Crippen molar-refractivity contribution in [1.82, 2.24) is 15.5 Å². The summed E-state index contributed by atoms with van der Waals surface area (Å²) in [5, 5.41) is 5.61. The molecule has 288 valence electrons. The average molecular weight is 704 g/mol. The number of rotatable bonds is 35. The van der Waals surface area contributed by atoms with E-state index in [1.807, 2.05) is 6.92 Å². The minimum absolute atomic E-state index is 0.0396. The first kappa shape index (κ1) is 46.6. The van der Waals surface area contributed by atoms with E-state index in [0.29, 0.717) is 65.4 Å². The first-order valence-corrected chi connectivity index (χ1v) is 18.6. The summed E-state index contributed by atoms with van der Waals surface area (Å²) in [6, 6.07) is 0. The molecule has 0 spiro atoms. The third kappa shape index (κ3) is 31.4. The monoisotopic (exact) mass is 704 g/mol. The van der Waals surface area contributed by atoms with E-state index in [1.54, 1.807) is 0 Å². The summed E-state index contributed by atoms with van der Waals surface area (Å²) in [7, 11) is 0. The molecule has 6 N–H and O–H groups in total. The Labute approximate surface area is 295 Å². The minimum atomic E-state index is -0.660. The van der Waals surface area contributed by atoms with Gasteiger partial charge in [0.2, 0.25) is 11.8 Å². The second-order valence-corrected chi connectivity index (χ2v) is 12.1. The smallest absolute Gasteiger partial charge is 0.407 e. The number of hydrogen-bond donors (Lipinski definition) is 4. The van der Waals surface area contributed by atoms with E-state index in [0.717, 1.165) is 25.7 Å². The highest BCUT2D eigenvalue weighted by atomic mass is 16.6. The third-order valence-electron chi connectivity index (χ3n) is 7.56. The van der Waals surface area contributed by atoms with Crippen molar-refractivity contribution in [1.29, 1.82) is 0 Å². The van der Waals surface area contributed by atoms with Gasteiger partial charge in [-0.05, 0) is 32.7 Å². The fourth-order valence-corrected chi connectivity index (χ4v) is 4.77. The van der Waals surface area contributed by atoms with Gasteiger partial charge in [0.05, 0.1) is 39.1 Å². The van der Waals surface area contributed by atoms with Gasteiger partial charge in [-0.15, -0.1) is 0 Å². The first-order chi connectivity index (χ1) is 23.8. The zero-order valence-electron chi connectivity index (χ0n) is 30.7. The number of carbonyl (C=O) groups excluding carboxylic acids is 4. The van der Waals surface area contributed by atoms with Crippen LogP contribution in [0.2, 0.25) is 0 Å². The van der Waals surface area contributed by atoms with Crippen molar-refractivity contribution in [3.8, 4) is 0 Å². The number of alkyl carbamates (subject to hydrolysis) is 1. The van der Waals surface area contributed by atoms with Gasteiger partial charge in [-0.3, -0.25) is 19.3 Å². The molecule has 0 saturated carbocycles. The summed E-state index contributed by atoms with van der Waals surface area (Å²) < 4.78 is 27.0. The standard InChI is InChI=1S/C35H69N5O9/c1-3-4-5-6-7-8-9-10-13-16-34(43)48-28-26-46-30-31(2)47-27-24-45-25-29-49-35(44)39-22-23-40(32(41)15-12-11-14-18-36)33(42)17-20-38-21-19-37/h31,38H,3-30,36-37H2,1-2H3,(H,39,44)/t31-/m1/s1. The zero-order chi connectivity index (χ0) is 36.2. The Morgan fingerprint density at radius 3 is 1.96 bits per heavy atom. The molecule has 1 atom stereocenters. The van der Waals surface area contributed by atoms with Crippen molar-refractivity contribution in [3.63, 3.8) is 0 Å². The zero-order valence-corrected chi connectivity index (χ0v) is 30.7. The first-order valence-electron chi connectivity index (χ1n) is 18.6. The van der Waals surface area contributed by atoms with Gasteiger partial charge in [0.25, 0.3) is 0 Å². The van der Waals surface area contributed by atoms with Crippen molar-refractivity contribution in [2.75, 3.05) is 85.5 Å². The lowest BCUT2D eigenvalue weighted by molar-refractivity contribution is -0.146. The molecule has 0 aromatic carbocycles. The van der Waals surface area contributed by atoms with Crippen LogP contribution < -0.4 is 22.1 Å². The molecule has 14 heteroatoms. The summed E-state index contributed by atoms with van der Waals surface area (Å²) in [5.41, 5.74) is 11.0. The molecule has 3 amide bonds. The Hall–Kier alpha value is -2.36. The van der Waals surface area contributed by atoms with Crippen molar-refractivity contribution >= 4 is 23.9 Å². The van der Waals surface area contributed by atoms with Crippen LogP contribution in [0.4, 0.5) is 4.79 Å².